The van der Waals surface area contributed by atoms with Crippen LogP contribution in [0.1, 0.15) is 42.9 Å². The highest BCUT2D eigenvalue weighted by molar-refractivity contribution is 5.98. The first kappa shape index (κ1) is 26.5. The van der Waals surface area contributed by atoms with Crippen molar-refractivity contribution in [1.82, 2.24) is 29.6 Å². The zero-order chi connectivity index (χ0) is 28.8. The molecule has 0 radical (unpaired) electrons. The molecule has 3 aromatic heterocycles. The molecule has 1 fully saturated rings. The molecule has 0 unspecified atom stereocenters. The van der Waals surface area contributed by atoms with E-state index in [1.807, 2.05) is 30.7 Å². The fourth-order valence-electron chi connectivity index (χ4n) is 5.80. The van der Waals surface area contributed by atoms with Crippen LogP contribution in [0.4, 0.5) is 26.7 Å². The van der Waals surface area contributed by atoms with Crippen molar-refractivity contribution in [2.45, 2.75) is 45.6 Å². The van der Waals surface area contributed by atoms with E-state index in [1.54, 1.807) is 19.2 Å². The van der Waals surface area contributed by atoms with E-state index in [9.17, 15) is 9.90 Å². The van der Waals surface area contributed by atoms with Crippen molar-refractivity contribution in [3.8, 4) is 11.3 Å². The molecule has 6 rings (SSSR count). The average molecular weight is 559 g/mol. The van der Waals surface area contributed by atoms with Gasteiger partial charge in [0.1, 0.15) is 29.2 Å². The molecule has 4 N–H and O–H groups in total. The van der Waals surface area contributed by atoms with Crippen molar-refractivity contribution in [3.63, 3.8) is 0 Å². The molecule has 1 saturated carbocycles. The molecule has 212 valence electrons. The van der Waals surface area contributed by atoms with Crippen molar-refractivity contribution < 1.29 is 18.7 Å². The maximum Gasteiger partial charge on any atom is 0.407 e. The molecule has 12 heteroatoms. The largest absolute Gasteiger partial charge is 0.465 e. The van der Waals surface area contributed by atoms with Crippen LogP contribution >= 0.6 is 0 Å². The van der Waals surface area contributed by atoms with Gasteiger partial charge in [-0.15, -0.1) is 0 Å². The summed E-state index contributed by atoms with van der Waals surface area (Å²) in [6, 6.07) is 8.98. The van der Waals surface area contributed by atoms with Gasteiger partial charge in [0.2, 0.25) is 0 Å². The average Bonchev–Trinajstić information content (AvgIpc) is 3.53. The zero-order valence-corrected chi connectivity index (χ0v) is 23.1. The minimum Gasteiger partial charge on any atom is -0.465 e. The first-order chi connectivity index (χ1) is 19.7. The Kier molecular flexibility index (Phi) is 6.68. The van der Waals surface area contributed by atoms with E-state index >= 15 is 4.39 Å². The first-order valence-corrected chi connectivity index (χ1v) is 13.6. The molecule has 1 aliphatic rings. The summed E-state index contributed by atoms with van der Waals surface area (Å²) in [5, 5.41) is 17.6. The standard InChI is InChI=1S/C29H31FN8O3/c1-15-10-16(2)25-22(11-15)35-28(41-25)34-21-9-6-18(12-20(21)30)24-23-26(31)32-14-33-27(23)38(36-24)19-7-4-17(5-8-19)13-37(3)29(39)40/h6,9-12,14,17,19H,4-5,7-8,13H2,1-3H3,(H,34,35)(H,39,40)(H2,31,32,33)/t17-,19-. The number of benzene rings is 2. The summed E-state index contributed by atoms with van der Waals surface area (Å²) in [4.78, 5) is 25.7. The van der Waals surface area contributed by atoms with E-state index in [1.165, 1.54) is 17.3 Å². The fraction of sp³-hybridized carbons (Fsp3) is 0.345. The molecule has 0 aliphatic heterocycles. The Morgan fingerprint density at radius 2 is 1.98 bits per heavy atom. The molecule has 3 heterocycles. The second-order valence-electron chi connectivity index (χ2n) is 10.9. The van der Waals surface area contributed by atoms with Crippen LogP contribution in [-0.4, -0.2) is 54.4 Å². The number of carbonyl (C=O) groups is 1. The number of rotatable bonds is 6. The van der Waals surface area contributed by atoms with E-state index in [2.05, 4.69) is 20.3 Å². The van der Waals surface area contributed by atoms with Gasteiger partial charge in [0.15, 0.2) is 11.2 Å². The Balaban J connectivity index is 1.28. The highest BCUT2D eigenvalue weighted by atomic mass is 19.1. The minimum atomic E-state index is -0.922. The molecule has 0 atom stereocenters. The highest BCUT2D eigenvalue weighted by Gasteiger charge is 2.28. The molecule has 0 bridgehead atoms. The van der Waals surface area contributed by atoms with Crippen LogP contribution in [0.3, 0.4) is 0 Å². The van der Waals surface area contributed by atoms with Crippen molar-refractivity contribution in [1.29, 1.82) is 0 Å². The number of amides is 1. The number of nitrogens with two attached hydrogens (primary N) is 1. The van der Waals surface area contributed by atoms with Gasteiger partial charge in [-0.05, 0) is 74.8 Å². The summed E-state index contributed by atoms with van der Waals surface area (Å²) in [6.45, 7) is 4.44. The van der Waals surface area contributed by atoms with Crippen LogP contribution in [0, 0.1) is 25.6 Å². The molecule has 11 nitrogen and oxygen atoms in total. The maximum absolute atomic E-state index is 15.4. The molecular weight excluding hydrogens is 527 g/mol. The van der Waals surface area contributed by atoms with Gasteiger partial charge in [0, 0.05) is 19.2 Å². The topological polar surface area (TPSA) is 148 Å². The van der Waals surface area contributed by atoms with Crippen molar-refractivity contribution in [2.75, 3.05) is 24.6 Å². The van der Waals surface area contributed by atoms with Crippen LogP contribution in [-0.2, 0) is 0 Å². The number of halogens is 1. The van der Waals surface area contributed by atoms with Gasteiger partial charge in [-0.25, -0.2) is 23.8 Å². The molecule has 2 aromatic carbocycles. The lowest BCUT2D eigenvalue weighted by molar-refractivity contribution is 0.139. The number of carboxylic acid groups (broad SMARTS) is 1. The number of aryl methyl sites for hydroxylation is 2. The van der Waals surface area contributed by atoms with Gasteiger partial charge in [0.05, 0.1) is 17.1 Å². The number of oxazole rings is 1. The number of aromatic nitrogens is 5. The van der Waals surface area contributed by atoms with Crippen molar-refractivity contribution in [3.05, 3.63) is 53.6 Å². The molecule has 0 saturated heterocycles. The monoisotopic (exact) mass is 558 g/mol. The Bertz CT molecular complexity index is 1770. The van der Waals surface area contributed by atoms with Gasteiger partial charge in [-0.1, -0.05) is 12.1 Å². The van der Waals surface area contributed by atoms with Gasteiger partial charge in [-0.3, -0.25) is 0 Å². The van der Waals surface area contributed by atoms with Gasteiger partial charge in [-0.2, -0.15) is 10.1 Å². The smallest absolute Gasteiger partial charge is 0.407 e. The van der Waals surface area contributed by atoms with Gasteiger partial charge in [0.25, 0.3) is 6.01 Å². The number of anilines is 3. The molecule has 0 spiro atoms. The van der Waals surface area contributed by atoms with Gasteiger partial charge >= 0.3 is 6.09 Å². The summed E-state index contributed by atoms with van der Waals surface area (Å²) >= 11 is 0. The van der Waals surface area contributed by atoms with Crippen LogP contribution in [0.2, 0.25) is 0 Å². The second kappa shape index (κ2) is 10.3. The number of hydrogen-bond acceptors (Lipinski definition) is 8. The lowest BCUT2D eigenvalue weighted by atomic mass is 9.86. The van der Waals surface area contributed by atoms with Crippen molar-refractivity contribution in [2.24, 2.45) is 5.92 Å². The third kappa shape index (κ3) is 5.01. The van der Waals surface area contributed by atoms with Crippen LogP contribution in [0.5, 0.6) is 0 Å². The molecular formula is C29H31FN8O3. The van der Waals surface area contributed by atoms with Crippen molar-refractivity contribution >= 4 is 45.7 Å². The Morgan fingerprint density at radius 3 is 2.71 bits per heavy atom. The molecule has 1 amide bonds. The lowest BCUT2D eigenvalue weighted by Gasteiger charge is -2.30. The summed E-state index contributed by atoms with van der Waals surface area (Å²) in [5.74, 6) is 0.0586. The Labute approximate surface area is 235 Å². The number of nitrogens with one attached hydrogen (secondary N) is 1. The molecule has 5 aromatic rings. The van der Waals surface area contributed by atoms with Crippen LogP contribution in [0.15, 0.2) is 41.1 Å². The highest BCUT2D eigenvalue weighted by Crippen LogP contribution is 2.38. The first-order valence-electron chi connectivity index (χ1n) is 13.6. The minimum absolute atomic E-state index is 0.0592. The SMILES string of the molecule is Cc1cc(C)c2oc(Nc3ccc(-c4nn([C@H]5CC[C@H](CN(C)C(=O)O)CC5)c5ncnc(N)c45)cc3F)nc2c1. The van der Waals surface area contributed by atoms with Crippen LogP contribution in [0.25, 0.3) is 33.4 Å². The summed E-state index contributed by atoms with van der Waals surface area (Å²) in [7, 11) is 1.59. The second-order valence-corrected chi connectivity index (χ2v) is 10.9. The van der Waals surface area contributed by atoms with E-state index in [0.29, 0.717) is 39.9 Å². The number of hydrogen-bond donors (Lipinski definition) is 3. The molecule has 41 heavy (non-hydrogen) atoms. The van der Waals surface area contributed by atoms with E-state index in [0.717, 1.165) is 36.8 Å². The summed E-state index contributed by atoms with van der Waals surface area (Å²) in [5.41, 5.74) is 11.5. The summed E-state index contributed by atoms with van der Waals surface area (Å²) < 4.78 is 23.1. The Hall–Kier alpha value is -4.74. The van der Waals surface area contributed by atoms with E-state index in [4.69, 9.17) is 15.2 Å². The number of nitrogens with zero attached hydrogens (tertiary/aromatic N) is 6. The van der Waals surface area contributed by atoms with Crippen LogP contribution < -0.4 is 11.1 Å². The predicted molar refractivity (Wildman–Crippen MR) is 154 cm³/mol. The maximum atomic E-state index is 15.4. The summed E-state index contributed by atoms with van der Waals surface area (Å²) in [6.07, 6.45) is 3.85. The lowest BCUT2D eigenvalue weighted by Crippen LogP contribution is -2.32. The predicted octanol–water partition coefficient (Wildman–Crippen LogP) is 6.06. The van der Waals surface area contributed by atoms with E-state index in [-0.39, 0.29) is 29.5 Å². The third-order valence-electron chi connectivity index (χ3n) is 7.84. The van der Waals surface area contributed by atoms with Gasteiger partial charge < -0.3 is 25.5 Å². The normalized spacial score (nSPS) is 17.3. The molecule has 1 aliphatic carbocycles. The third-order valence-corrected chi connectivity index (χ3v) is 7.84. The Morgan fingerprint density at radius 1 is 1.20 bits per heavy atom. The number of fused-ring (bicyclic) bond motifs is 2. The van der Waals surface area contributed by atoms with E-state index < -0.39 is 11.9 Å². The quantitative estimate of drug-likeness (QED) is 0.226. The fourth-order valence-corrected chi connectivity index (χ4v) is 5.80. The number of nitrogen functional groups attached to an aromatic ring is 1. The zero-order valence-electron chi connectivity index (χ0n) is 23.1.